The van der Waals surface area contributed by atoms with E-state index in [0.717, 1.165) is 0 Å². The third-order valence-electron chi connectivity index (χ3n) is 3.62. The minimum Gasteiger partial charge on any atom is -0.508 e. The minimum absolute atomic E-state index is 0.0493. The van der Waals surface area contributed by atoms with Crippen molar-refractivity contribution in [1.82, 2.24) is 0 Å². The van der Waals surface area contributed by atoms with Crippen LogP contribution in [0.1, 0.15) is 39.0 Å². The highest BCUT2D eigenvalue weighted by Gasteiger charge is 2.39. The molecule has 9 heteroatoms. The van der Waals surface area contributed by atoms with E-state index in [1.54, 1.807) is 39.8 Å². The third kappa shape index (κ3) is 5.79. The molecule has 0 heterocycles. The first-order chi connectivity index (χ1) is 13.1. The fourth-order valence-corrected chi connectivity index (χ4v) is 4.89. The highest BCUT2D eigenvalue weighted by atomic mass is 31.2. The normalized spacial score (nSPS) is 12.9. The van der Waals surface area contributed by atoms with E-state index >= 15 is 0 Å². The number of nitrogens with one attached hydrogen (secondary N) is 1. The van der Waals surface area contributed by atoms with Crippen LogP contribution in [0.3, 0.4) is 0 Å². The van der Waals surface area contributed by atoms with Gasteiger partial charge in [0, 0.05) is 17.8 Å². The lowest BCUT2D eigenvalue weighted by Crippen LogP contribution is -2.19. The molecule has 2 N–H and O–H groups in total. The van der Waals surface area contributed by atoms with Crippen LogP contribution in [0.2, 0.25) is 0 Å². The summed E-state index contributed by atoms with van der Waals surface area (Å²) in [7, 11) is -3.70. The van der Waals surface area contributed by atoms with Crippen molar-refractivity contribution in [2.45, 2.75) is 45.7 Å². The summed E-state index contributed by atoms with van der Waals surface area (Å²) in [5.41, 5.74) is 1.05. The Balaban J connectivity index is 2.46. The zero-order valence-electron chi connectivity index (χ0n) is 16.2. The molecular formula is C19H25N2O6P. The summed E-state index contributed by atoms with van der Waals surface area (Å²) in [5, 5.41) is 23.6. The molecule has 0 spiro atoms. The van der Waals surface area contributed by atoms with Crippen molar-refractivity contribution in [3.05, 3.63) is 64.2 Å². The molecule has 0 radical (unpaired) electrons. The number of nitro groups is 1. The van der Waals surface area contributed by atoms with Gasteiger partial charge in [0.1, 0.15) is 5.75 Å². The second-order valence-corrected chi connectivity index (χ2v) is 8.81. The summed E-state index contributed by atoms with van der Waals surface area (Å²) in [6.45, 7) is 7.04. The van der Waals surface area contributed by atoms with Crippen LogP contribution < -0.4 is 5.32 Å². The molecular weight excluding hydrogens is 383 g/mol. The molecule has 0 fully saturated rings. The maximum absolute atomic E-state index is 13.7. The quantitative estimate of drug-likeness (QED) is 0.322. The summed E-state index contributed by atoms with van der Waals surface area (Å²) in [6.07, 6.45) is -0.717. The smallest absolute Gasteiger partial charge is 0.357 e. The number of phenolic OH excluding ortho intramolecular Hbond substituents is 1. The molecule has 2 aromatic rings. The van der Waals surface area contributed by atoms with Gasteiger partial charge in [0.25, 0.3) is 5.69 Å². The van der Waals surface area contributed by atoms with Crippen molar-refractivity contribution in [1.29, 1.82) is 0 Å². The number of rotatable bonds is 9. The third-order valence-corrected chi connectivity index (χ3v) is 6.11. The van der Waals surface area contributed by atoms with E-state index in [0.29, 0.717) is 11.3 Å². The number of non-ortho nitro benzene ring substituents is 1. The molecule has 0 aliphatic rings. The van der Waals surface area contributed by atoms with E-state index in [9.17, 15) is 19.8 Å². The largest absolute Gasteiger partial charge is 0.508 e. The van der Waals surface area contributed by atoms with Crippen LogP contribution in [-0.4, -0.2) is 22.2 Å². The first-order valence-electron chi connectivity index (χ1n) is 8.87. The Bertz CT molecular complexity index is 823. The predicted molar refractivity (Wildman–Crippen MR) is 108 cm³/mol. The summed E-state index contributed by atoms with van der Waals surface area (Å²) in [4.78, 5) is 10.4. The Morgan fingerprint density at radius 2 is 1.46 bits per heavy atom. The van der Waals surface area contributed by atoms with E-state index in [4.69, 9.17) is 9.05 Å². The van der Waals surface area contributed by atoms with Crippen LogP contribution in [0.15, 0.2) is 48.5 Å². The first-order valence-corrected chi connectivity index (χ1v) is 10.5. The number of nitrogens with zero attached hydrogens (tertiary/aromatic N) is 1. The number of hydrogen-bond acceptors (Lipinski definition) is 7. The maximum atomic E-state index is 13.7. The molecule has 28 heavy (non-hydrogen) atoms. The first kappa shape index (κ1) is 21.9. The minimum atomic E-state index is -3.70. The lowest BCUT2D eigenvalue weighted by atomic mass is 10.2. The van der Waals surface area contributed by atoms with Gasteiger partial charge in [-0.05, 0) is 57.5 Å². The van der Waals surface area contributed by atoms with Crippen molar-refractivity contribution < 1.29 is 23.6 Å². The SMILES string of the molecule is CC(C)OP(=O)(OC(C)C)[C@H](Nc1ccc([N+](=O)[O-])cc1)c1ccc(O)cc1. The molecule has 8 nitrogen and oxygen atoms in total. The Kier molecular flexibility index (Phi) is 7.18. The van der Waals surface area contributed by atoms with Crippen molar-refractivity contribution >= 4 is 19.0 Å². The zero-order chi connectivity index (χ0) is 20.9. The van der Waals surface area contributed by atoms with E-state index in [-0.39, 0.29) is 23.6 Å². The molecule has 1 atom stereocenters. The molecule has 2 rings (SSSR count). The Morgan fingerprint density at radius 3 is 1.89 bits per heavy atom. The van der Waals surface area contributed by atoms with E-state index in [1.807, 2.05) is 0 Å². The summed E-state index contributed by atoms with van der Waals surface area (Å²) in [5.74, 6) is -0.804. The van der Waals surface area contributed by atoms with Crippen molar-refractivity contribution in [3.63, 3.8) is 0 Å². The van der Waals surface area contributed by atoms with Crippen molar-refractivity contribution in [2.75, 3.05) is 5.32 Å². The molecule has 0 unspecified atom stereocenters. The molecule has 152 valence electrons. The van der Waals surface area contributed by atoms with Gasteiger partial charge in [0.2, 0.25) is 0 Å². The van der Waals surface area contributed by atoms with Gasteiger partial charge >= 0.3 is 7.60 Å². The Hall–Kier alpha value is -2.41. The van der Waals surface area contributed by atoms with Gasteiger partial charge in [-0.1, -0.05) is 12.1 Å². The molecule has 0 aromatic heterocycles. The molecule has 0 amide bonds. The fraction of sp³-hybridized carbons (Fsp3) is 0.368. The Labute approximate surface area is 164 Å². The van der Waals surface area contributed by atoms with Gasteiger partial charge in [-0.25, -0.2) is 0 Å². The monoisotopic (exact) mass is 408 g/mol. The number of phenols is 1. The average molecular weight is 408 g/mol. The highest BCUT2D eigenvalue weighted by Crippen LogP contribution is 2.62. The van der Waals surface area contributed by atoms with E-state index in [1.165, 1.54) is 36.4 Å². The van der Waals surface area contributed by atoms with Crippen LogP contribution in [-0.2, 0) is 13.6 Å². The topological polar surface area (TPSA) is 111 Å². The van der Waals surface area contributed by atoms with E-state index < -0.39 is 18.3 Å². The van der Waals surface area contributed by atoms with Crippen LogP contribution in [0.4, 0.5) is 11.4 Å². The maximum Gasteiger partial charge on any atom is 0.357 e. The lowest BCUT2D eigenvalue weighted by molar-refractivity contribution is -0.384. The van der Waals surface area contributed by atoms with Gasteiger partial charge in [-0.3, -0.25) is 14.7 Å². The second-order valence-electron chi connectivity index (χ2n) is 6.79. The molecule has 0 aliphatic heterocycles. The number of hydrogen-bond donors (Lipinski definition) is 2. The van der Waals surface area contributed by atoms with Gasteiger partial charge in [-0.15, -0.1) is 0 Å². The standard InChI is InChI=1S/C19H25N2O6P/c1-13(2)26-28(25,27-14(3)4)19(15-5-11-18(22)12-6-15)20-16-7-9-17(10-8-16)21(23)24/h5-14,19-20,22H,1-4H3/t19-/m0/s1. The lowest BCUT2D eigenvalue weighted by Gasteiger charge is -2.31. The van der Waals surface area contributed by atoms with Crippen LogP contribution >= 0.6 is 7.60 Å². The van der Waals surface area contributed by atoms with Crippen molar-refractivity contribution in [2.24, 2.45) is 0 Å². The molecule has 0 aliphatic carbocycles. The average Bonchev–Trinajstić information content (AvgIpc) is 2.59. The number of nitro benzene ring substituents is 1. The second kappa shape index (κ2) is 9.19. The highest BCUT2D eigenvalue weighted by molar-refractivity contribution is 7.54. The van der Waals surface area contributed by atoms with Crippen LogP contribution in [0.25, 0.3) is 0 Å². The van der Waals surface area contributed by atoms with Crippen LogP contribution in [0.5, 0.6) is 5.75 Å². The summed E-state index contributed by atoms with van der Waals surface area (Å²) in [6, 6.07) is 12.0. The van der Waals surface area contributed by atoms with Gasteiger partial charge in [0.15, 0.2) is 5.78 Å². The van der Waals surface area contributed by atoms with Crippen molar-refractivity contribution in [3.8, 4) is 5.75 Å². The van der Waals surface area contributed by atoms with Gasteiger partial charge in [-0.2, -0.15) is 0 Å². The summed E-state index contributed by atoms with van der Waals surface area (Å²) < 4.78 is 25.2. The molecule has 2 aromatic carbocycles. The number of benzene rings is 2. The Morgan fingerprint density at radius 1 is 0.964 bits per heavy atom. The number of anilines is 1. The molecule has 0 saturated carbocycles. The molecule has 0 saturated heterocycles. The zero-order valence-corrected chi connectivity index (χ0v) is 17.1. The number of aromatic hydroxyl groups is 1. The van der Waals surface area contributed by atoms with E-state index in [2.05, 4.69) is 5.32 Å². The van der Waals surface area contributed by atoms with Gasteiger partial charge in [0.05, 0.1) is 17.1 Å². The molecule has 0 bridgehead atoms. The van der Waals surface area contributed by atoms with Gasteiger partial charge < -0.3 is 19.5 Å². The summed E-state index contributed by atoms with van der Waals surface area (Å²) >= 11 is 0. The predicted octanol–water partition coefficient (Wildman–Crippen LogP) is 5.45. The van der Waals surface area contributed by atoms with Crippen LogP contribution in [0, 0.1) is 10.1 Å². The fourth-order valence-electron chi connectivity index (χ4n) is 2.57.